The molecule has 1 amide bonds. The van der Waals surface area contributed by atoms with Crippen LogP contribution in [0, 0.1) is 0 Å². The molecule has 0 aliphatic heterocycles. The van der Waals surface area contributed by atoms with Crippen molar-refractivity contribution >= 4 is 23.4 Å². The molecule has 4 aromatic rings. The maximum Gasteiger partial charge on any atom is 0.234 e. The number of rotatable bonds is 11. The van der Waals surface area contributed by atoms with Gasteiger partial charge in [0, 0.05) is 12.2 Å². The van der Waals surface area contributed by atoms with Crippen molar-refractivity contribution in [2.45, 2.75) is 32.1 Å². The van der Waals surface area contributed by atoms with Crippen molar-refractivity contribution in [3.05, 3.63) is 84.1 Å². The van der Waals surface area contributed by atoms with Crippen molar-refractivity contribution in [1.82, 2.24) is 19.7 Å². The Morgan fingerprint density at radius 2 is 1.79 bits per heavy atom. The molecule has 0 aliphatic carbocycles. The summed E-state index contributed by atoms with van der Waals surface area (Å²) < 4.78 is 7.54. The number of benzene rings is 2. The van der Waals surface area contributed by atoms with Gasteiger partial charge in [0.1, 0.15) is 0 Å². The zero-order valence-corrected chi connectivity index (χ0v) is 20.3. The van der Waals surface area contributed by atoms with Crippen LogP contribution in [-0.4, -0.2) is 44.4 Å². The SMILES string of the molecule is CCN(CC)Cc1cccc(NC(=O)CSc2nnc(-c3ccco3)n2Cc2ccccc2)c1. The van der Waals surface area contributed by atoms with Crippen LogP contribution in [0.4, 0.5) is 5.69 Å². The first-order valence-electron chi connectivity index (χ1n) is 11.4. The van der Waals surface area contributed by atoms with Gasteiger partial charge in [0.25, 0.3) is 0 Å². The zero-order chi connectivity index (χ0) is 23.8. The van der Waals surface area contributed by atoms with E-state index in [2.05, 4.69) is 52.5 Å². The number of anilines is 1. The Morgan fingerprint density at radius 3 is 2.53 bits per heavy atom. The van der Waals surface area contributed by atoms with E-state index in [0.29, 0.717) is 23.3 Å². The van der Waals surface area contributed by atoms with Crippen LogP contribution in [0.2, 0.25) is 0 Å². The smallest absolute Gasteiger partial charge is 0.234 e. The first-order valence-corrected chi connectivity index (χ1v) is 12.4. The summed E-state index contributed by atoms with van der Waals surface area (Å²) in [7, 11) is 0. The monoisotopic (exact) mass is 475 g/mol. The second-order valence-electron chi connectivity index (χ2n) is 7.85. The van der Waals surface area contributed by atoms with Gasteiger partial charge < -0.3 is 9.73 Å². The van der Waals surface area contributed by atoms with Crippen LogP contribution in [-0.2, 0) is 17.9 Å². The van der Waals surface area contributed by atoms with E-state index in [-0.39, 0.29) is 11.7 Å². The highest BCUT2D eigenvalue weighted by atomic mass is 32.2. The van der Waals surface area contributed by atoms with Crippen molar-refractivity contribution in [1.29, 1.82) is 0 Å². The van der Waals surface area contributed by atoms with E-state index in [9.17, 15) is 4.79 Å². The normalized spacial score (nSPS) is 11.1. The third-order valence-electron chi connectivity index (χ3n) is 5.49. The first kappa shape index (κ1) is 23.8. The van der Waals surface area contributed by atoms with Gasteiger partial charge in [-0.15, -0.1) is 10.2 Å². The van der Waals surface area contributed by atoms with Gasteiger partial charge in [-0.1, -0.05) is 68.1 Å². The topological polar surface area (TPSA) is 76.2 Å². The van der Waals surface area contributed by atoms with Crippen LogP contribution < -0.4 is 5.32 Å². The van der Waals surface area contributed by atoms with Crippen molar-refractivity contribution in [3.8, 4) is 11.6 Å². The predicted molar refractivity (Wildman–Crippen MR) is 136 cm³/mol. The summed E-state index contributed by atoms with van der Waals surface area (Å²) in [4.78, 5) is 15.1. The fourth-order valence-electron chi connectivity index (χ4n) is 3.67. The molecule has 176 valence electrons. The minimum atomic E-state index is -0.0844. The molecule has 2 aromatic carbocycles. The van der Waals surface area contributed by atoms with Gasteiger partial charge in [-0.2, -0.15) is 0 Å². The number of carbonyl (C=O) groups excluding carboxylic acids is 1. The average molecular weight is 476 g/mol. The lowest BCUT2D eigenvalue weighted by Crippen LogP contribution is -2.22. The molecule has 2 aromatic heterocycles. The molecule has 0 saturated heterocycles. The van der Waals surface area contributed by atoms with Crippen molar-refractivity contribution in [2.24, 2.45) is 0 Å². The molecule has 34 heavy (non-hydrogen) atoms. The molecule has 4 rings (SSSR count). The molecule has 0 radical (unpaired) electrons. The third-order valence-corrected chi connectivity index (χ3v) is 6.45. The summed E-state index contributed by atoms with van der Waals surface area (Å²) in [6.07, 6.45) is 1.62. The molecule has 0 atom stereocenters. The molecule has 0 unspecified atom stereocenters. The Hall–Kier alpha value is -3.36. The van der Waals surface area contributed by atoms with Gasteiger partial charge >= 0.3 is 0 Å². The minimum absolute atomic E-state index is 0.0844. The van der Waals surface area contributed by atoms with Crippen LogP contribution in [0.15, 0.2) is 82.6 Å². The first-order chi connectivity index (χ1) is 16.7. The lowest BCUT2D eigenvalue weighted by atomic mass is 10.2. The van der Waals surface area contributed by atoms with Crippen LogP contribution in [0.25, 0.3) is 11.6 Å². The Kier molecular flexibility index (Phi) is 8.17. The van der Waals surface area contributed by atoms with Crippen molar-refractivity contribution in [3.63, 3.8) is 0 Å². The van der Waals surface area contributed by atoms with Crippen LogP contribution in [0.3, 0.4) is 0 Å². The maximum absolute atomic E-state index is 12.7. The Labute approximate surface area is 204 Å². The van der Waals surface area contributed by atoms with Crippen LogP contribution in [0.1, 0.15) is 25.0 Å². The molecule has 0 spiro atoms. The molecule has 2 heterocycles. The quantitative estimate of drug-likeness (QED) is 0.302. The van der Waals surface area contributed by atoms with E-state index in [1.807, 2.05) is 53.1 Å². The standard InChI is InChI=1S/C26H29N5O2S/c1-3-30(4-2)17-21-12-8-13-22(16-21)27-24(32)19-34-26-29-28-25(23-14-9-15-33-23)31(26)18-20-10-6-5-7-11-20/h5-16H,3-4,17-19H2,1-2H3,(H,27,32). The fourth-order valence-corrected chi connectivity index (χ4v) is 4.41. The summed E-state index contributed by atoms with van der Waals surface area (Å²) in [5.74, 6) is 1.43. The van der Waals surface area contributed by atoms with Gasteiger partial charge in [0.2, 0.25) is 11.7 Å². The minimum Gasteiger partial charge on any atom is -0.461 e. The Morgan fingerprint density at radius 1 is 1.00 bits per heavy atom. The number of amides is 1. The van der Waals surface area contributed by atoms with E-state index in [4.69, 9.17) is 4.42 Å². The Balaban J connectivity index is 1.44. The number of furan rings is 1. The summed E-state index contributed by atoms with van der Waals surface area (Å²) in [5, 5.41) is 12.4. The summed E-state index contributed by atoms with van der Waals surface area (Å²) >= 11 is 1.36. The second-order valence-corrected chi connectivity index (χ2v) is 8.80. The van der Waals surface area contributed by atoms with Crippen LogP contribution >= 0.6 is 11.8 Å². The molecule has 7 nitrogen and oxygen atoms in total. The van der Waals surface area contributed by atoms with E-state index in [0.717, 1.165) is 30.9 Å². The predicted octanol–water partition coefficient (Wildman–Crippen LogP) is 5.16. The molecule has 0 aliphatic rings. The molecule has 0 fully saturated rings. The van der Waals surface area contributed by atoms with E-state index in [1.54, 1.807) is 6.26 Å². The Bertz CT molecular complexity index is 1190. The number of carbonyl (C=O) groups is 1. The number of aromatic nitrogens is 3. The summed E-state index contributed by atoms with van der Waals surface area (Å²) in [6.45, 7) is 7.74. The highest BCUT2D eigenvalue weighted by Gasteiger charge is 2.18. The summed E-state index contributed by atoms with van der Waals surface area (Å²) in [6, 6.07) is 21.8. The lowest BCUT2D eigenvalue weighted by Gasteiger charge is -2.18. The van der Waals surface area contributed by atoms with Gasteiger partial charge in [-0.05, 0) is 48.5 Å². The van der Waals surface area contributed by atoms with Gasteiger partial charge in [-0.3, -0.25) is 14.3 Å². The van der Waals surface area contributed by atoms with Crippen molar-refractivity contribution in [2.75, 3.05) is 24.2 Å². The van der Waals surface area contributed by atoms with E-state index < -0.39 is 0 Å². The fraction of sp³-hybridized carbons (Fsp3) is 0.269. The molecule has 1 N–H and O–H groups in total. The van der Waals surface area contributed by atoms with Gasteiger partial charge in [0.15, 0.2) is 10.9 Å². The third kappa shape index (κ3) is 6.15. The highest BCUT2D eigenvalue weighted by Crippen LogP contribution is 2.26. The summed E-state index contributed by atoms with van der Waals surface area (Å²) in [5.41, 5.74) is 3.10. The molecular weight excluding hydrogens is 446 g/mol. The molecular formula is C26H29N5O2S. The van der Waals surface area contributed by atoms with E-state index >= 15 is 0 Å². The number of thioether (sulfide) groups is 1. The largest absolute Gasteiger partial charge is 0.461 e. The zero-order valence-electron chi connectivity index (χ0n) is 19.5. The number of nitrogens with one attached hydrogen (secondary N) is 1. The van der Waals surface area contributed by atoms with Gasteiger partial charge in [-0.25, -0.2) is 0 Å². The highest BCUT2D eigenvalue weighted by molar-refractivity contribution is 7.99. The second kappa shape index (κ2) is 11.7. The van der Waals surface area contributed by atoms with Gasteiger partial charge in [0.05, 0.1) is 18.6 Å². The van der Waals surface area contributed by atoms with E-state index in [1.165, 1.54) is 17.3 Å². The number of nitrogens with zero attached hydrogens (tertiary/aromatic N) is 4. The van der Waals surface area contributed by atoms with Crippen LogP contribution in [0.5, 0.6) is 0 Å². The molecule has 0 bridgehead atoms. The molecule has 0 saturated carbocycles. The number of hydrogen-bond donors (Lipinski definition) is 1. The van der Waals surface area contributed by atoms with Crippen molar-refractivity contribution < 1.29 is 9.21 Å². The maximum atomic E-state index is 12.7. The lowest BCUT2D eigenvalue weighted by molar-refractivity contribution is -0.113. The average Bonchev–Trinajstić information content (AvgIpc) is 3.52. The molecule has 8 heteroatoms. The number of hydrogen-bond acceptors (Lipinski definition) is 6.